The van der Waals surface area contributed by atoms with Crippen molar-refractivity contribution in [3.05, 3.63) is 131 Å². The van der Waals surface area contributed by atoms with E-state index in [4.69, 9.17) is 16.3 Å². The van der Waals surface area contributed by atoms with Crippen molar-refractivity contribution in [3.8, 4) is 0 Å². The van der Waals surface area contributed by atoms with E-state index in [1.165, 1.54) is 41.3 Å². The first-order chi connectivity index (χ1) is 24.0. The quantitative estimate of drug-likeness (QED) is 0.117. The molecule has 14 nitrogen and oxygen atoms in total. The molecule has 1 unspecified atom stereocenters. The number of carboxylic acid groups (broad SMARTS) is 1. The van der Waals surface area contributed by atoms with Crippen LogP contribution in [0.4, 0.5) is 9.59 Å². The van der Waals surface area contributed by atoms with Gasteiger partial charge in [-0.05, 0) is 59.7 Å². The number of nitrogens with zero attached hydrogens (tertiary/aromatic N) is 2. The second-order valence-electron chi connectivity index (χ2n) is 10.9. The summed E-state index contributed by atoms with van der Waals surface area (Å²) in [6.45, 7) is -0.648. The minimum Gasteiger partial charge on any atom is -0.480 e. The number of amides is 4. The standard InChI is InChI=1S/C34H31ClN6O8S/c35-25-14-16-26(17-15-25)50(47,48)40-33(45)41(20-30-37-27-8-4-5-9-28(27)38-30)19-22-10-12-24(13-11-22)31(42)36-18-29(32(43)44)39-34(46)49-21-23-6-2-1-3-7-23/h1-17,29H,18-21H2,(H,36,42)(H,37,38)(H,39,46)(H,40,45)(H,43,44). The number of imidazole rings is 1. The van der Waals surface area contributed by atoms with Gasteiger partial charge in [0.2, 0.25) is 0 Å². The van der Waals surface area contributed by atoms with Crippen molar-refractivity contribution in [1.82, 2.24) is 30.2 Å². The molecule has 1 aromatic heterocycles. The molecule has 5 aromatic rings. The molecule has 1 heterocycles. The van der Waals surface area contributed by atoms with Gasteiger partial charge in [-0.15, -0.1) is 0 Å². The maximum Gasteiger partial charge on any atom is 0.408 e. The lowest BCUT2D eigenvalue weighted by Crippen LogP contribution is -2.48. The number of carbonyl (C=O) groups excluding carboxylic acids is 3. The Balaban J connectivity index is 1.23. The number of nitrogens with one attached hydrogen (secondary N) is 4. The molecule has 4 aromatic carbocycles. The Bertz CT molecular complexity index is 2060. The van der Waals surface area contributed by atoms with E-state index in [2.05, 4.69) is 25.3 Å². The first kappa shape index (κ1) is 35.4. The molecule has 1 atom stereocenters. The van der Waals surface area contributed by atoms with Crippen LogP contribution in [0.3, 0.4) is 0 Å². The fraction of sp³-hybridized carbons (Fsp3) is 0.147. The highest BCUT2D eigenvalue weighted by Crippen LogP contribution is 2.17. The highest BCUT2D eigenvalue weighted by atomic mass is 35.5. The predicted octanol–water partition coefficient (Wildman–Crippen LogP) is 4.43. The molecule has 0 fully saturated rings. The molecule has 5 rings (SSSR count). The molecule has 0 aliphatic rings. The first-order valence-electron chi connectivity index (χ1n) is 15.0. The minimum atomic E-state index is -4.25. The van der Waals surface area contributed by atoms with E-state index in [-0.39, 0.29) is 30.2 Å². The molecular formula is C34H31ClN6O8S. The number of H-pyrrole nitrogens is 1. The Morgan fingerprint density at radius 2 is 1.54 bits per heavy atom. The van der Waals surface area contributed by atoms with Gasteiger partial charge < -0.3 is 30.4 Å². The van der Waals surface area contributed by atoms with Crippen LogP contribution in [0.2, 0.25) is 5.02 Å². The van der Waals surface area contributed by atoms with E-state index < -0.39 is 46.6 Å². The van der Waals surface area contributed by atoms with Crippen molar-refractivity contribution in [1.29, 1.82) is 0 Å². The van der Waals surface area contributed by atoms with Crippen LogP contribution in [0, 0.1) is 0 Å². The Hall–Kier alpha value is -5.93. The number of sulfonamides is 1. The first-order valence-corrected chi connectivity index (χ1v) is 16.9. The van der Waals surface area contributed by atoms with Crippen LogP contribution >= 0.6 is 11.6 Å². The number of hydrogen-bond acceptors (Lipinski definition) is 8. The van der Waals surface area contributed by atoms with Crippen LogP contribution in [0.25, 0.3) is 11.0 Å². The number of halogens is 1. The molecule has 50 heavy (non-hydrogen) atoms. The summed E-state index contributed by atoms with van der Waals surface area (Å²) in [5.41, 5.74) is 2.83. The number of benzene rings is 4. The summed E-state index contributed by atoms with van der Waals surface area (Å²) < 4.78 is 33.1. The second kappa shape index (κ2) is 16.0. The topological polar surface area (TPSA) is 200 Å². The van der Waals surface area contributed by atoms with Gasteiger partial charge in [0.1, 0.15) is 18.5 Å². The van der Waals surface area contributed by atoms with Crippen molar-refractivity contribution in [3.63, 3.8) is 0 Å². The second-order valence-corrected chi connectivity index (χ2v) is 13.0. The van der Waals surface area contributed by atoms with Crippen LogP contribution in [-0.2, 0) is 39.3 Å². The zero-order chi connectivity index (χ0) is 35.7. The van der Waals surface area contributed by atoms with Gasteiger partial charge in [0.25, 0.3) is 15.9 Å². The third-order valence-electron chi connectivity index (χ3n) is 7.27. The van der Waals surface area contributed by atoms with Gasteiger partial charge in [-0.25, -0.2) is 32.5 Å². The summed E-state index contributed by atoms with van der Waals surface area (Å²) >= 11 is 5.88. The van der Waals surface area contributed by atoms with Crippen molar-refractivity contribution >= 4 is 56.7 Å². The van der Waals surface area contributed by atoms with Crippen molar-refractivity contribution in [2.24, 2.45) is 0 Å². The third kappa shape index (κ3) is 9.58. The van der Waals surface area contributed by atoms with E-state index in [0.29, 0.717) is 27.5 Å². The molecule has 0 saturated heterocycles. The van der Waals surface area contributed by atoms with E-state index in [1.807, 2.05) is 18.2 Å². The fourth-order valence-electron chi connectivity index (χ4n) is 4.70. The largest absolute Gasteiger partial charge is 0.480 e. The summed E-state index contributed by atoms with van der Waals surface area (Å²) in [5.74, 6) is -1.59. The van der Waals surface area contributed by atoms with Gasteiger partial charge >= 0.3 is 18.1 Å². The number of aliphatic carboxylic acids is 1. The summed E-state index contributed by atoms with van der Waals surface area (Å²) in [6, 6.07) is 25.1. The monoisotopic (exact) mass is 718 g/mol. The lowest BCUT2D eigenvalue weighted by Gasteiger charge is -2.22. The van der Waals surface area contributed by atoms with Crippen LogP contribution in [0.15, 0.2) is 108 Å². The van der Waals surface area contributed by atoms with Gasteiger partial charge in [0.05, 0.1) is 22.5 Å². The SMILES string of the molecule is O=C(NC(CNC(=O)c1ccc(CN(Cc2nc3ccccc3[nH]2)C(=O)NS(=O)(=O)c2ccc(Cl)cc2)cc1)C(=O)O)OCc1ccccc1. The molecule has 258 valence electrons. The van der Waals surface area contributed by atoms with Crippen molar-refractivity contribution < 1.29 is 37.4 Å². The lowest BCUT2D eigenvalue weighted by atomic mass is 10.1. The molecule has 16 heteroatoms. The summed E-state index contributed by atoms with van der Waals surface area (Å²) in [7, 11) is -4.25. The summed E-state index contributed by atoms with van der Waals surface area (Å²) in [5, 5.41) is 14.6. The number of alkyl carbamates (subject to hydrolysis) is 1. The Kier molecular flexibility index (Phi) is 11.3. The fourth-order valence-corrected chi connectivity index (χ4v) is 5.80. The Labute approximate surface area is 291 Å². The molecule has 0 radical (unpaired) electrons. The number of carbonyl (C=O) groups is 4. The number of aromatic amines is 1. The van der Waals surface area contributed by atoms with Crippen LogP contribution in [0.1, 0.15) is 27.3 Å². The van der Waals surface area contributed by atoms with Gasteiger partial charge in [-0.2, -0.15) is 0 Å². The normalized spacial score (nSPS) is 11.7. The lowest BCUT2D eigenvalue weighted by molar-refractivity contribution is -0.139. The van der Waals surface area contributed by atoms with Gasteiger partial charge in [0.15, 0.2) is 0 Å². The van der Waals surface area contributed by atoms with Gasteiger partial charge in [-0.3, -0.25) is 4.79 Å². The smallest absolute Gasteiger partial charge is 0.408 e. The van der Waals surface area contributed by atoms with Crippen LogP contribution < -0.4 is 15.4 Å². The third-order valence-corrected chi connectivity index (χ3v) is 8.86. The van der Waals surface area contributed by atoms with Gasteiger partial charge in [0, 0.05) is 23.7 Å². The molecule has 0 bridgehead atoms. The zero-order valence-electron chi connectivity index (χ0n) is 26.2. The maximum atomic E-state index is 13.4. The number of ether oxygens (including phenoxy) is 1. The molecule has 0 saturated carbocycles. The van der Waals surface area contributed by atoms with E-state index in [0.717, 1.165) is 5.52 Å². The number of carboxylic acids is 1. The average Bonchev–Trinajstić information content (AvgIpc) is 3.52. The molecule has 0 aliphatic heterocycles. The summed E-state index contributed by atoms with van der Waals surface area (Å²) in [6.07, 6.45) is -0.961. The highest BCUT2D eigenvalue weighted by Gasteiger charge is 2.25. The van der Waals surface area contributed by atoms with E-state index in [9.17, 15) is 32.7 Å². The zero-order valence-corrected chi connectivity index (χ0v) is 27.8. The number of fused-ring (bicyclic) bond motifs is 1. The van der Waals surface area contributed by atoms with Crippen LogP contribution in [-0.4, -0.2) is 65.0 Å². The van der Waals surface area contributed by atoms with E-state index >= 15 is 0 Å². The van der Waals surface area contributed by atoms with Crippen molar-refractivity contribution in [2.75, 3.05) is 6.54 Å². The number of hydrogen-bond donors (Lipinski definition) is 5. The average molecular weight is 719 g/mol. The minimum absolute atomic E-state index is 0.0623. The van der Waals surface area contributed by atoms with Crippen molar-refractivity contribution in [2.45, 2.75) is 30.6 Å². The maximum absolute atomic E-state index is 13.4. The predicted molar refractivity (Wildman–Crippen MR) is 182 cm³/mol. The molecule has 5 N–H and O–H groups in total. The number of urea groups is 1. The number of para-hydroxylation sites is 2. The molecule has 4 amide bonds. The number of rotatable bonds is 13. The Morgan fingerprint density at radius 3 is 2.22 bits per heavy atom. The highest BCUT2D eigenvalue weighted by molar-refractivity contribution is 7.90. The van der Waals surface area contributed by atoms with Gasteiger partial charge in [-0.1, -0.05) is 66.2 Å². The summed E-state index contributed by atoms with van der Waals surface area (Å²) in [4.78, 5) is 58.8. The molecular weight excluding hydrogens is 688 g/mol. The van der Waals surface area contributed by atoms with E-state index in [1.54, 1.807) is 48.5 Å². The molecule has 0 aliphatic carbocycles. The number of aromatic nitrogens is 2. The Morgan fingerprint density at radius 1 is 0.860 bits per heavy atom. The molecule has 0 spiro atoms. The van der Waals surface area contributed by atoms with Crippen LogP contribution in [0.5, 0.6) is 0 Å².